The van der Waals surface area contributed by atoms with Crippen LogP contribution in [0.15, 0.2) is 41.6 Å². The van der Waals surface area contributed by atoms with Crippen LogP contribution in [-0.2, 0) is 12.8 Å². The Morgan fingerprint density at radius 3 is 2.42 bits per heavy atom. The highest BCUT2D eigenvalue weighted by atomic mass is 35.5. The van der Waals surface area contributed by atoms with Gasteiger partial charge in [0.1, 0.15) is 0 Å². The van der Waals surface area contributed by atoms with Gasteiger partial charge >= 0.3 is 0 Å². The summed E-state index contributed by atoms with van der Waals surface area (Å²) in [7, 11) is 1.88. The number of thioether (sulfide) groups is 1. The molecule has 0 saturated heterocycles. The molecule has 0 aliphatic rings. The van der Waals surface area contributed by atoms with E-state index in [1.165, 1.54) is 11.8 Å². The fourth-order valence-electron chi connectivity index (χ4n) is 2.90. The summed E-state index contributed by atoms with van der Waals surface area (Å²) in [5, 5.41) is 14.3. The van der Waals surface area contributed by atoms with E-state index in [9.17, 15) is 4.79 Å². The van der Waals surface area contributed by atoms with E-state index in [1.54, 1.807) is 30.3 Å². The Morgan fingerprint density at radius 1 is 1.03 bits per heavy atom. The monoisotopic (exact) mass is 516 g/mol. The Morgan fingerprint density at radius 2 is 1.77 bits per heavy atom. The third-order valence-corrected chi connectivity index (χ3v) is 7.05. The van der Waals surface area contributed by atoms with E-state index >= 15 is 0 Å². The predicted octanol–water partition coefficient (Wildman–Crippen LogP) is 6.85. The molecule has 164 valence electrons. The molecular weight excluding hydrogens is 498 g/mol. The molecule has 0 spiro atoms. The van der Waals surface area contributed by atoms with Crippen LogP contribution >= 0.6 is 58.2 Å². The maximum absolute atomic E-state index is 12.8. The SMILES string of the molecule is CC(C)[C@H](NC(=O)c1ccc(Cl)c(Cl)c1)c1nnc(SCc2ccc(Cl)cc2Cl)n1C. The Bertz CT molecular complexity index is 1100. The van der Waals surface area contributed by atoms with Crippen molar-refractivity contribution in [1.82, 2.24) is 20.1 Å². The Kier molecular flexibility index (Phi) is 8.16. The summed E-state index contributed by atoms with van der Waals surface area (Å²) in [5.74, 6) is 1.10. The number of nitrogens with zero attached hydrogens (tertiary/aromatic N) is 3. The first-order valence-electron chi connectivity index (χ1n) is 9.39. The first-order chi connectivity index (χ1) is 14.7. The average Bonchev–Trinajstić information content (AvgIpc) is 3.07. The molecule has 1 amide bonds. The lowest BCUT2D eigenvalue weighted by Crippen LogP contribution is -2.33. The van der Waals surface area contributed by atoms with Crippen LogP contribution in [0.3, 0.4) is 0 Å². The zero-order valence-corrected chi connectivity index (χ0v) is 20.8. The smallest absolute Gasteiger partial charge is 0.251 e. The lowest BCUT2D eigenvalue weighted by Gasteiger charge is -2.22. The van der Waals surface area contributed by atoms with Gasteiger partial charge in [0.15, 0.2) is 11.0 Å². The number of aromatic nitrogens is 3. The second kappa shape index (κ2) is 10.5. The summed E-state index contributed by atoms with van der Waals surface area (Å²) in [6, 6.07) is 9.85. The van der Waals surface area contributed by atoms with Crippen molar-refractivity contribution in [1.29, 1.82) is 0 Å². The molecular formula is C21H20Cl4N4OS. The first-order valence-corrected chi connectivity index (χ1v) is 11.9. The van der Waals surface area contributed by atoms with Gasteiger partial charge in [0.25, 0.3) is 5.91 Å². The maximum Gasteiger partial charge on any atom is 0.251 e. The number of rotatable bonds is 7. The predicted molar refractivity (Wildman–Crippen MR) is 129 cm³/mol. The zero-order valence-electron chi connectivity index (χ0n) is 17.0. The van der Waals surface area contributed by atoms with Crippen LogP contribution in [0.5, 0.6) is 0 Å². The molecule has 0 aliphatic carbocycles. The molecule has 0 saturated carbocycles. The number of benzene rings is 2. The highest BCUT2D eigenvalue weighted by Gasteiger charge is 2.25. The van der Waals surface area contributed by atoms with Crippen molar-refractivity contribution >= 4 is 64.1 Å². The third kappa shape index (κ3) is 5.88. The van der Waals surface area contributed by atoms with E-state index in [0.717, 1.165) is 10.7 Å². The molecule has 1 heterocycles. The van der Waals surface area contributed by atoms with Crippen LogP contribution in [0.1, 0.15) is 41.6 Å². The summed E-state index contributed by atoms with van der Waals surface area (Å²) in [4.78, 5) is 12.8. The number of halogens is 4. The molecule has 1 atom stereocenters. The van der Waals surface area contributed by atoms with Crippen molar-refractivity contribution in [3.05, 3.63) is 73.4 Å². The minimum absolute atomic E-state index is 0.0816. The Hall–Kier alpha value is -1.44. The van der Waals surface area contributed by atoms with Gasteiger partial charge in [-0.25, -0.2) is 0 Å². The van der Waals surface area contributed by atoms with E-state index in [4.69, 9.17) is 46.4 Å². The minimum atomic E-state index is -0.340. The van der Waals surface area contributed by atoms with Gasteiger partial charge in [0.2, 0.25) is 0 Å². The lowest BCUT2D eigenvalue weighted by atomic mass is 10.0. The molecule has 0 bridgehead atoms. The molecule has 1 aromatic heterocycles. The Balaban J connectivity index is 1.76. The van der Waals surface area contributed by atoms with E-state index in [-0.39, 0.29) is 17.9 Å². The van der Waals surface area contributed by atoms with Crippen LogP contribution in [0, 0.1) is 5.92 Å². The Labute approximate surface area is 205 Å². The number of carbonyl (C=O) groups excluding carboxylic acids is 1. The summed E-state index contributed by atoms with van der Waals surface area (Å²) in [6.45, 7) is 4.02. The average molecular weight is 518 g/mol. The van der Waals surface area contributed by atoms with E-state index in [0.29, 0.717) is 37.2 Å². The molecule has 0 aliphatic heterocycles. The quantitative estimate of drug-likeness (QED) is 0.348. The van der Waals surface area contributed by atoms with E-state index in [1.807, 2.05) is 31.5 Å². The van der Waals surface area contributed by atoms with Crippen molar-refractivity contribution in [2.45, 2.75) is 30.8 Å². The molecule has 31 heavy (non-hydrogen) atoms. The highest BCUT2D eigenvalue weighted by molar-refractivity contribution is 7.98. The van der Waals surface area contributed by atoms with Crippen LogP contribution in [-0.4, -0.2) is 20.7 Å². The fourth-order valence-corrected chi connectivity index (χ4v) is 4.67. The number of amides is 1. The van der Waals surface area contributed by atoms with Crippen LogP contribution in [0.2, 0.25) is 20.1 Å². The van der Waals surface area contributed by atoms with Gasteiger partial charge in [0.05, 0.1) is 16.1 Å². The summed E-state index contributed by atoms with van der Waals surface area (Å²) >= 11 is 25.7. The van der Waals surface area contributed by atoms with Crippen molar-refractivity contribution in [3.8, 4) is 0 Å². The van der Waals surface area contributed by atoms with E-state index in [2.05, 4.69) is 15.5 Å². The van der Waals surface area contributed by atoms with Gasteiger partial charge in [-0.15, -0.1) is 10.2 Å². The van der Waals surface area contributed by atoms with E-state index < -0.39 is 0 Å². The van der Waals surface area contributed by atoms with Crippen molar-refractivity contribution in [3.63, 3.8) is 0 Å². The van der Waals surface area contributed by atoms with Crippen molar-refractivity contribution < 1.29 is 4.79 Å². The highest BCUT2D eigenvalue weighted by Crippen LogP contribution is 2.30. The number of hydrogen-bond donors (Lipinski definition) is 1. The van der Waals surface area contributed by atoms with Gasteiger partial charge in [-0.2, -0.15) is 0 Å². The van der Waals surface area contributed by atoms with Crippen LogP contribution < -0.4 is 5.32 Å². The number of nitrogens with one attached hydrogen (secondary N) is 1. The molecule has 3 rings (SSSR count). The maximum atomic E-state index is 12.8. The summed E-state index contributed by atoms with van der Waals surface area (Å²) < 4.78 is 1.88. The largest absolute Gasteiger partial charge is 0.342 e. The number of carbonyl (C=O) groups is 1. The normalized spacial score (nSPS) is 12.3. The summed E-state index contributed by atoms with van der Waals surface area (Å²) in [5.41, 5.74) is 1.38. The third-order valence-electron chi connectivity index (χ3n) is 4.65. The van der Waals surface area contributed by atoms with Gasteiger partial charge in [-0.3, -0.25) is 4.79 Å². The molecule has 0 fully saturated rings. The van der Waals surface area contributed by atoms with Crippen molar-refractivity contribution in [2.75, 3.05) is 0 Å². The van der Waals surface area contributed by atoms with Crippen LogP contribution in [0.25, 0.3) is 0 Å². The second-order valence-electron chi connectivity index (χ2n) is 7.25. The summed E-state index contributed by atoms with van der Waals surface area (Å²) in [6.07, 6.45) is 0. The molecule has 0 unspecified atom stereocenters. The first kappa shape index (κ1) is 24.2. The molecule has 1 N–H and O–H groups in total. The van der Waals surface area contributed by atoms with Crippen molar-refractivity contribution in [2.24, 2.45) is 13.0 Å². The molecule has 5 nitrogen and oxygen atoms in total. The molecule has 0 radical (unpaired) electrons. The van der Waals surface area contributed by atoms with Gasteiger partial charge in [-0.05, 0) is 41.8 Å². The molecule has 10 heteroatoms. The van der Waals surface area contributed by atoms with Gasteiger partial charge < -0.3 is 9.88 Å². The van der Waals surface area contributed by atoms with Crippen LogP contribution in [0.4, 0.5) is 0 Å². The second-order valence-corrected chi connectivity index (χ2v) is 9.85. The minimum Gasteiger partial charge on any atom is -0.342 e. The fraction of sp³-hybridized carbons (Fsp3) is 0.286. The zero-order chi connectivity index (χ0) is 22.7. The van der Waals surface area contributed by atoms with Gasteiger partial charge in [0, 0.05) is 28.4 Å². The van der Waals surface area contributed by atoms with Gasteiger partial charge in [-0.1, -0.05) is 78.1 Å². The topological polar surface area (TPSA) is 59.8 Å². The number of hydrogen-bond acceptors (Lipinski definition) is 4. The lowest BCUT2D eigenvalue weighted by molar-refractivity contribution is 0.0922. The standard InChI is InChI=1S/C21H20Cl4N4OS/c1-11(2)18(26-20(30)12-5-7-15(23)17(25)8-12)19-27-28-21(29(19)3)31-10-13-4-6-14(22)9-16(13)24/h4-9,11,18H,10H2,1-3H3,(H,26,30)/t18-/m0/s1. The molecule has 2 aromatic carbocycles. The molecule has 3 aromatic rings.